The van der Waals surface area contributed by atoms with Crippen LogP contribution in [0.1, 0.15) is 23.9 Å². The van der Waals surface area contributed by atoms with Crippen LogP contribution in [0.4, 0.5) is 10.5 Å². The minimum absolute atomic E-state index is 0.0296. The SMILES string of the molecule is COC(=O)N1CCC2(C1)CN(C(=O)Cc1ncc(SC(C)CO)s1)c1ccc(Cl)cc12. The van der Waals surface area contributed by atoms with Crippen LogP contribution in [0.3, 0.4) is 0 Å². The zero-order valence-electron chi connectivity index (χ0n) is 17.3. The monoisotopic (exact) mass is 481 g/mol. The molecule has 1 aromatic heterocycles. The summed E-state index contributed by atoms with van der Waals surface area (Å²) in [5.74, 6) is -0.0296. The number of rotatable bonds is 5. The molecule has 0 radical (unpaired) electrons. The minimum Gasteiger partial charge on any atom is -0.453 e. The fraction of sp³-hybridized carbons (Fsp3) is 0.476. The van der Waals surface area contributed by atoms with E-state index in [1.54, 1.807) is 33.8 Å². The molecule has 2 aliphatic heterocycles. The zero-order valence-corrected chi connectivity index (χ0v) is 19.7. The quantitative estimate of drug-likeness (QED) is 0.657. The number of aliphatic hydroxyl groups excluding tert-OH is 1. The Kier molecular flexibility index (Phi) is 6.48. The smallest absolute Gasteiger partial charge is 0.409 e. The summed E-state index contributed by atoms with van der Waals surface area (Å²) < 4.78 is 5.88. The Morgan fingerprint density at radius 2 is 2.23 bits per heavy atom. The molecule has 4 rings (SSSR count). The highest BCUT2D eigenvalue weighted by Gasteiger charge is 2.50. The van der Waals surface area contributed by atoms with Gasteiger partial charge in [-0.2, -0.15) is 0 Å². The first-order chi connectivity index (χ1) is 14.8. The molecule has 1 N–H and O–H groups in total. The number of ether oxygens (including phenoxy) is 1. The maximum atomic E-state index is 13.3. The molecule has 1 fully saturated rings. The molecule has 0 saturated carbocycles. The van der Waals surface area contributed by atoms with Crippen molar-refractivity contribution in [2.24, 2.45) is 0 Å². The lowest BCUT2D eigenvalue weighted by Crippen LogP contribution is -2.40. The summed E-state index contributed by atoms with van der Waals surface area (Å²) in [5.41, 5.74) is 1.51. The van der Waals surface area contributed by atoms with Crippen LogP contribution >= 0.6 is 34.7 Å². The molecule has 2 aromatic rings. The van der Waals surface area contributed by atoms with Crippen molar-refractivity contribution in [3.05, 3.63) is 40.0 Å². The topological polar surface area (TPSA) is 83.0 Å². The van der Waals surface area contributed by atoms with Gasteiger partial charge in [0.25, 0.3) is 0 Å². The first-order valence-corrected chi connectivity index (χ1v) is 12.1. The average Bonchev–Trinajstić information content (AvgIpc) is 3.46. The van der Waals surface area contributed by atoms with Gasteiger partial charge in [-0.25, -0.2) is 9.78 Å². The number of methoxy groups -OCH3 is 1. The van der Waals surface area contributed by atoms with E-state index in [-0.39, 0.29) is 35.7 Å². The van der Waals surface area contributed by atoms with Gasteiger partial charge in [-0.1, -0.05) is 18.5 Å². The summed E-state index contributed by atoms with van der Waals surface area (Å²) in [4.78, 5) is 33.2. The molecular weight excluding hydrogens is 458 g/mol. The number of thioether (sulfide) groups is 1. The van der Waals surface area contributed by atoms with Gasteiger partial charge >= 0.3 is 6.09 Å². The number of halogens is 1. The van der Waals surface area contributed by atoms with E-state index in [1.165, 1.54) is 18.4 Å². The van der Waals surface area contributed by atoms with Gasteiger partial charge in [-0.15, -0.1) is 23.1 Å². The summed E-state index contributed by atoms with van der Waals surface area (Å²) in [6.07, 6.45) is 2.36. The number of carbonyl (C=O) groups excluding carboxylic acids is 2. The lowest BCUT2D eigenvalue weighted by Gasteiger charge is -2.25. The summed E-state index contributed by atoms with van der Waals surface area (Å²) in [7, 11) is 1.38. The van der Waals surface area contributed by atoms with Crippen molar-refractivity contribution in [1.82, 2.24) is 9.88 Å². The molecule has 166 valence electrons. The molecule has 1 aromatic carbocycles. The van der Waals surface area contributed by atoms with E-state index >= 15 is 0 Å². The van der Waals surface area contributed by atoms with Crippen LogP contribution in [0.15, 0.2) is 28.6 Å². The number of aliphatic hydroxyl groups is 1. The third-order valence-corrected chi connectivity index (χ3v) is 8.23. The van der Waals surface area contributed by atoms with Gasteiger partial charge in [0, 0.05) is 41.0 Å². The van der Waals surface area contributed by atoms with E-state index in [9.17, 15) is 14.7 Å². The number of hydrogen-bond acceptors (Lipinski definition) is 7. The molecule has 0 bridgehead atoms. The molecule has 2 unspecified atom stereocenters. The molecule has 7 nitrogen and oxygen atoms in total. The predicted molar refractivity (Wildman–Crippen MR) is 122 cm³/mol. The summed E-state index contributed by atoms with van der Waals surface area (Å²) in [6, 6.07) is 5.59. The highest BCUT2D eigenvalue weighted by atomic mass is 35.5. The molecule has 2 atom stereocenters. The van der Waals surface area contributed by atoms with Crippen LogP contribution in [-0.4, -0.2) is 65.6 Å². The van der Waals surface area contributed by atoms with Crippen LogP contribution in [0, 0.1) is 0 Å². The van der Waals surface area contributed by atoms with Crippen LogP contribution in [-0.2, 0) is 21.4 Å². The number of nitrogens with zero attached hydrogens (tertiary/aromatic N) is 3. The van der Waals surface area contributed by atoms with E-state index in [0.717, 1.165) is 26.9 Å². The Morgan fingerprint density at radius 1 is 1.42 bits per heavy atom. The molecule has 1 saturated heterocycles. The first-order valence-electron chi connectivity index (χ1n) is 10.0. The molecule has 3 heterocycles. The van der Waals surface area contributed by atoms with Crippen molar-refractivity contribution >= 4 is 52.4 Å². The minimum atomic E-state index is -0.352. The van der Waals surface area contributed by atoms with Gasteiger partial charge in [-0.3, -0.25) is 4.79 Å². The van der Waals surface area contributed by atoms with E-state index in [2.05, 4.69) is 4.98 Å². The lowest BCUT2D eigenvalue weighted by molar-refractivity contribution is -0.118. The molecule has 1 spiro atoms. The Hall–Kier alpha value is -1.81. The van der Waals surface area contributed by atoms with E-state index < -0.39 is 0 Å². The third-order valence-electron chi connectivity index (χ3n) is 5.78. The van der Waals surface area contributed by atoms with Crippen molar-refractivity contribution < 1.29 is 19.4 Å². The number of anilines is 1. The fourth-order valence-corrected chi connectivity index (χ4v) is 6.63. The Morgan fingerprint density at radius 3 is 2.97 bits per heavy atom. The van der Waals surface area contributed by atoms with Crippen LogP contribution in [0.5, 0.6) is 0 Å². The van der Waals surface area contributed by atoms with Crippen LogP contribution in [0.2, 0.25) is 5.02 Å². The number of likely N-dealkylation sites (tertiary alicyclic amines) is 1. The van der Waals surface area contributed by atoms with E-state index in [0.29, 0.717) is 24.7 Å². The largest absolute Gasteiger partial charge is 0.453 e. The number of hydrogen-bond donors (Lipinski definition) is 1. The molecule has 2 amide bonds. The normalized spacial score (nSPS) is 20.9. The van der Waals surface area contributed by atoms with E-state index in [1.807, 2.05) is 19.1 Å². The molecule has 31 heavy (non-hydrogen) atoms. The van der Waals surface area contributed by atoms with Gasteiger partial charge in [0.05, 0.1) is 30.5 Å². The van der Waals surface area contributed by atoms with E-state index in [4.69, 9.17) is 16.3 Å². The van der Waals surface area contributed by atoms with Crippen LogP contribution in [0.25, 0.3) is 0 Å². The summed E-state index contributed by atoms with van der Waals surface area (Å²) in [6.45, 7) is 3.61. The maximum Gasteiger partial charge on any atom is 0.409 e. The fourth-order valence-electron chi connectivity index (χ4n) is 4.26. The standard InChI is InChI=1S/C21H24ClN3O4S2/c1-13(10-26)30-19-9-23-17(31-19)8-18(27)25-12-21(5-6-24(11-21)20(28)29-2)15-7-14(22)3-4-16(15)25/h3-4,7,9,13,26H,5-6,8,10-12H2,1-2H3. The predicted octanol–water partition coefficient (Wildman–Crippen LogP) is 3.57. The van der Waals surface area contributed by atoms with Gasteiger partial charge in [0.2, 0.25) is 5.91 Å². The lowest BCUT2D eigenvalue weighted by atomic mass is 9.81. The highest BCUT2D eigenvalue weighted by molar-refractivity contribution is 8.01. The van der Waals surface area contributed by atoms with Gasteiger partial charge in [0.15, 0.2) is 0 Å². The highest BCUT2D eigenvalue weighted by Crippen LogP contribution is 2.47. The third kappa shape index (κ3) is 4.41. The Labute approximate surface area is 194 Å². The molecular formula is C21H24ClN3O4S2. The van der Waals surface area contributed by atoms with Crippen molar-refractivity contribution in [2.75, 3.05) is 38.3 Å². The molecule has 0 aliphatic carbocycles. The second-order valence-corrected chi connectivity index (χ2v) is 11.2. The second kappa shape index (κ2) is 8.97. The van der Waals surface area contributed by atoms with Gasteiger partial charge < -0.3 is 19.6 Å². The van der Waals surface area contributed by atoms with Crippen molar-refractivity contribution in [3.63, 3.8) is 0 Å². The number of amides is 2. The number of aromatic nitrogens is 1. The van der Waals surface area contributed by atoms with Gasteiger partial charge in [0.1, 0.15) is 5.01 Å². The van der Waals surface area contributed by atoms with Crippen molar-refractivity contribution in [3.8, 4) is 0 Å². The number of fused-ring (bicyclic) bond motifs is 2. The van der Waals surface area contributed by atoms with Crippen molar-refractivity contribution in [2.45, 2.75) is 34.6 Å². The Bertz CT molecular complexity index is 1000. The average molecular weight is 482 g/mol. The van der Waals surface area contributed by atoms with Gasteiger partial charge in [-0.05, 0) is 30.2 Å². The maximum absolute atomic E-state index is 13.3. The summed E-state index contributed by atoms with van der Waals surface area (Å²) >= 11 is 9.32. The van der Waals surface area contributed by atoms with Crippen molar-refractivity contribution in [1.29, 1.82) is 0 Å². The summed E-state index contributed by atoms with van der Waals surface area (Å²) in [5, 5.41) is 10.7. The number of benzene rings is 1. The first kappa shape index (κ1) is 22.4. The zero-order chi connectivity index (χ0) is 22.2. The second-order valence-electron chi connectivity index (χ2n) is 7.92. The Balaban J connectivity index is 1.54. The van der Waals surface area contributed by atoms with Crippen LogP contribution < -0.4 is 4.90 Å². The number of thiazole rings is 1. The number of carbonyl (C=O) groups is 2. The molecule has 10 heteroatoms. The molecule has 2 aliphatic rings.